The maximum atomic E-state index is 12.3. The number of likely N-dealkylation sites (tertiary alicyclic amines) is 1. The van der Waals surface area contributed by atoms with Gasteiger partial charge < -0.3 is 14.8 Å². The lowest BCUT2D eigenvalue weighted by molar-refractivity contribution is -0.0512. The van der Waals surface area contributed by atoms with E-state index >= 15 is 0 Å². The zero-order valence-electron chi connectivity index (χ0n) is 12.4. The van der Waals surface area contributed by atoms with E-state index in [1.165, 1.54) is 7.11 Å². The van der Waals surface area contributed by atoms with Gasteiger partial charge in [-0.05, 0) is 50.7 Å². The topological polar surface area (TPSA) is 33.7 Å². The van der Waals surface area contributed by atoms with Crippen molar-refractivity contribution in [2.45, 2.75) is 32.0 Å². The highest BCUT2D eigenvalue weighted by atomic mass is 19.3. The number of nitrogens with one attached hydrogen (secondary N) is 1. The van der Waals surface area contributed by atoms with Gasteiger partial charge in [-0.3, -0.25) is 4.90 Å². The zero-order valence-corrected chi connectivity index (χ0v) is 12.4. The van der Waals surface area contributed by atoms with Crippen LogP contribution in [0.2, 0.25) is 0 Å². The van der Waals surface area contributed by atoms with Crippen molar-refractivity contribution in [3.05, 3.63) is 23.8 Å². The first-order chi connectivity index (χ1) is 10.1. The van der Waals surface area contributed by atoms with Crippen molar-refractivity contribution < 1.29 is 18.3 Å². The van der Waals surface area contributed by atoms with Crippen molar-refractivity contribution >= 4 is 0 Å². The second kappa shape index (κ2) is 7.56. The number of methoxy groups -OCH3 is 1. The van der Waals surface area contributed by atoms with E-state index in [0.717, 1.165) is 38.0 Å². The molecule has 6 heteroatoms. The van der Waals surface area contributed by atoms with Crippen LogP contribution in [0.15, 0.2) is 18.2 Å². The average Bonchev–Trinajstić information content (AvgIpc) is 2.49. The lowest BCUT2D eigenvalue weighted by atomic mass is 10.0. The van der Waals surface area contributed by atoms with E-state index < -0.39 is 6.61 Å². The van der Waals surface area contributed by atoms with Gasteiger partial charge in [0.25, 0.3) is 0 Å². The van der Waals surface area contributed by atoms with Crippen LogP contribution in [0.4, 0.5) is 8.78 Å². The van der Waals surface area contributed by atoms with Crippen LogP contribution in [0.5, 0.6) is 11.5 Å². The summed E-state index contributed by atoms with van der Waals surface area (Å²) in [6, 6.07) is 5.71. The Labute approximate surface area is 124 Å². The second-order valence-corrected chi connectivity index (χ2v) is 5.20. The third kappa shape index (κ3) is 4.54. The van der Waals surface area contributed by atoms with E-state index in [2.05, 4.69) is 15.0 Å². The van der Waals surface area contributed by atoms with E-state index in [0.29, 0.717) is 11.8 Å². The van der Waals surface area contributed by atoms with Gasteiger partial charge in [-0.2, -0.15) is 8.78 Å². The van der Waals surface area contributed by atoms with E-state index in [1.54, 1.807) is 12.1 Å². The van der Waals surface area contributed by atoms with Crippen LogP contribution < -0.4 is 14.8 Å². The molecule has 1 aromatic rings. The number of hydrogen-bond acceptors (Lipinski definition) is 4. The molecule has 0 atom stereocenters. The molecule has 0 spiro atoms. The quantitative estimate of drug-likeness (QED) is 0.875. The van der Waals surface area contributed by atoms with Crippen LogP contribution >= 0.6 is 0 Å². The van der Waals surface area contributed by atoms with Crippen LogP contribution in [0, 0.1) is 0 Å². The van der Waals surface area contributed by atoms with Crippen molar-refractivity contribution in [1.29, 1.82) is 0 Å². The molecule has 0 amide bonds. The fourth-order valence-corrected chi connectivity index (χ4v) is 2.64. The highest BCUT2D eigenvalue weighted by Crippen LogP contribution is 2.30. The van der Waals surface area contributed by atoms with Crippen LogP contribution in [0.3, 0.4) is 0 Å². The van der Waals surface area contributed by atoms with Crippen molar-refractivity contribution in [2.24, 2.45) is 0 Å². The molecule has 21 heavy (non-hydrogen) atoms. The second-order valence-electron chi connectivity index (χ2n) is 5.20. The van der Waals surface area contributed by atoms with E-state index in [-0.39, 0.29) is 5.75 Å². The summed E-state index contributed by atoms with van der Waals surface area (Å²) in [7, 11) is 3.45. The molecule has 1 heterocycles. The average molecular weight is 300 g/mol. The predicted molar refractivity (Wildman–Crippen MR) is 77.0 cm³/mol. The predicted octanol–water partition coefficient (Wildman–Crippen LogP) is 2.48. The van der Waals surface area contributed by atoms with Crippen molar-refractivity contribution in [2.75, 3.05) is 27.2 Å². The summed E-state index contributed by atoms with van der Waals surface area (Å²) in [6.45, 7) is 0.0128. The molecule has 0 aliphatic carbocycles. The van der Waals surface area contributed by atoms with Gasteiger partial charge in [-0.1, -0.05) is 6.07 Å². The van der Waals surface area contributed by atoms with Gasteiger partial charge in [-0.25, -0.2) is 0 Å². The number of hydrogen-bond donors (Lipinski definition) is 1. The number of nitrogens with zero attached hydrogens (tertiary/aromatic N) is 1. The third-order valence-electron chi connectivity index (χ3n) is 3.85. The monoisotopic (exact) mass is 300 g/mol. The number of benzene rings is 1. The number of rotatable bonds is 6. The molecule has 1 aromatic carbocycles. The molecule has 4 nitrogen and oxygen atoms in total. The van der Waals surface area contributed by atoms with Gasteiger partial charge in [0.2, 0.25) is 0 Å². The SMILES string of the molecule is CNC1CCN(Cc2ccc(OC(F)F)c(OC)c2)CC1. The molecule has 1 aliphatic rings. The summed E-state index contributed by atoms with van der Waals surface area (Å²) in [4.78, 5) is 2.36. The fourth-order valence-electron chi connectivity index (χ4n) is 2.64. The van der Waals surface area contributed by atoms with E-state index in [4.69, 9.17) is 4.74 Å². The van der Waals surface area contributed by atoms with Crippen LogP contribution in [-0.2, 0) is 6.54 Å². The van der Waals surface area contributed by atoms with Gasteiger partial charge in [0.15, 0.2) is 11.5 Å². The Morgan fingerprint density at radius 2 is 2.00 bits per heavy atom. The first-order valence-corrected chi connectivity index (χ1v) is 7.13. The van der Waals surface area contributed by atoms with Crippen LogP contribution in [0.25, 0.3) is 0 Å². The number of alkyl halides is 2. The lowest BCUT2D eigenvalue weighted by Crippen LogP contribution is -2.40. The molecule has 1 fully saturated rings. The Hall–Kier alpha value is -1.40. The van der Waals surface area contributed by atoms with Crippen LogP contribution in [0.1, 0.15) is 18.4 Å². The van der Waals surface area contributed by atoms with Crippen LogP contribution in [-0.4, -0.2) is 44.8 Å². The van der Waals surface area contributed by atoms with Gasteiger partial charge in [0, 0.05) is 12.6 Å². The highest BCUT2D eigenvalue weighted by Gasteiger charge is 2.18. The van der Waals surface area contributed by atoms with Gasteiger partial charge in [-0.15, -0.1) is 0 Å². The number of halogens is 2. The van der Waals surface area contributed by atoms with Crippen molar-refractivity contribution in [3.8, 4) is 11.5 Å². The first kappa shape index (κ1) is 16.0. The third-order valence-corrected chi connectivity index (χ3v) is 3.85. The van der Waals surface area contributed by atoms with E-state index in [9.17, 15) is 8.78 Å². The maximum absolute atomic E-state index is 12.3. The first-order valence-electron chi connectivity index (χ1n) is 7.13. The Bertz CT molecular complexity index is 449. The molecule has 2 rings (SSSR count). The smallest absolute Gasteiger partial charge is 0.387 e. The largest absolute Gasteiger partial charge is 0.493 e. The maximum Gasteiger partial charge on any atom is 0.387 e. The number of piperidine rings is 1. The summed E-state index contributed by atoms with van der Waals surface area (Å²) in [5.74, 6) is 0.419. The molecule has 0 radical (unpaired) electrons. The Balaban J connectivity index is 1.97. The Morgan fingerprint density at radius 1 is 1.29 bits per heavy atom. The minimum absolute atomic E-state index is 0.0742. The molecular weight excluding hydrogens is 278 g/mol. The summed E-state index contributed by atoms with van der Waals surface area (Å²) < 4.78 is 34.1. The van der Waals surface area contributed by atoms with Gasteiger partial charge in [0.1, 0.15) is 0 Å². The molecule has 0 saturated carbocycles. The summed E-state index contributed by atoms with van der Waals surface area (Å²) in [5, 5.41) is 3.30. The van der Waals surface area contributed by atoms with Crippen molar-refractivity contribution in [3.63, 3.8) is 0 Å². The molecule has 1 N–H and O–H groups in total. The molecule has 0 unspecified atom stereocenters. The molecule has 1 saturated heterocycles. The summed E-state index contributed by atoms with van der Waals surface area (Å²) in [5.41, 5.74) is 1.04. The Morgan fingerprint density at radius 3 is 2.57 bits per heavy atom. The summed E-state index contributed by atoms with van der Waals surface area (Å²) in [6.07, 6.45) is 2.25. The number of ether oxygens (including phenoxy) is 2. The standard InChI is InChI=1S/C15H22F2N2O2/c1-18-12-5-7-19(8-6-12)10-11-3-4-13(21-15(16)17)14(9-11)20-2/h3-4,9,12,15,18H,5-8,10H2,1-2H3. The molecule has 118 valence electrons. The highest BCUT2D eigenvalue weighted by molar-refractivity contribution is 5.43. The normalized spacial score (nSPS) is 17.2. The van der Waals surface area contributed by atoms with Crippen molar-refractivity contribution in [1.82, 2.24) is 10.2 Å². The molecule has 0 bridgehead atoms. The minimum atomic E-state index is -2.84. The van der Waals surface area contributed by atoms with Gasteiger partial charge in [0.05, 0.1) is 7.11 Å². The minimum Gasteiger partial charge on any atom is -0.493 e. The Kier molecular flexibility index (Phi) is 5.76. The fraction of sp³-hybridized carbons (Fsp3) is 0.600. The van der Waals surface area contributed by atoms with Gasteiger partial charge >= 0.3 is 6.61 Å². The molecular formula is C15H22F2N2O2. The van der Waals surface area contributed by atoms with E-state index in [1.807, 2.05) is 13.1 Å². The summed E-state index contributed by atoms with van der Waals surface area (Å²) >= 11 is 0. The zero-order chi connectivity index (χ0) is 15.2. The molecule has 1 aliphatic heterocycles. The lowest BCUT2D eigenvalue weighted by Gasteiger charge is -2.31. The molecule has 0 aromatic heterocycles.